The Balaban J connectivity index is 1.50. The fraction of sp³-hybridized carbons (Fsp3) is 0.308. The number of fused-ring (bicyclic) bond motifs is 1. The first-order chi connectivity index (χ1) is 10.8. The van der Waals surface area contributed by atoms with Crippen molar-refractivity contribution < 1.29 is 0 Å². The molecule has 4 rings (SSSR count). The summed E-state index contributed by atoms with van der Waals surface area (Å²) in [7, 11) is 0. The van der Waals surface area contributed by atoms with Gasteiger partial charge in [0.15, 0.2) is 11.5 Å². The minimum atomic E-state index is 0.641. The van der Waals surface area contributed by atoms with Gasteiger partial charge in [-0.3, -0.25) is 0 Å². The summed E-state index contributed by atoms with van der Waals surface area (Å²) in [4.78, 5) is 8.75. The summed E-state index contributed by atoms with van der Waals surface area (Å²) >= 11 is 6.21. The Morgan fingerprint density at radius 2 is 1.82 bits per heavy atom. The number of nitrogens with zero attached hydrogens (tertiary/aromatic N) is 8. The number of rotatable bonds is 2. The molecule has 9 heteroatoms. The van der Waals surface area contributed by atoms with E-state index in [0.29, 0.717) is 10.7 Å². The summed E-state index contributed by atoms with van der Waals surface area (Å²) in [6.07, 6.45) is 1.76. The average molecular weight is 317 g/mol. The van der Waals surface area contributed by atoms with Crippen LogP contribution in [0.1, 0.15) is 0 Å². The van der Waals surface area contributed by atoms with Gasteiger partial charge in [-0.1, -0.05) is 11.6 Å². The molecule has 3 aromatic rings. The lowest BCUT2D eigenvalue weighted by atomic mass is 10.3. The number of tetrazole rings is 1. The van der Waals surface area contributed by atoms with Crippen LogP contribution >= 0.6 is 11.6 Å². The van der Waals surface area contributed by atoms with Crippen molar-refractivity contribution in [3.63, 3.8) is 0 Å². The first kappa shape index (κ1) is 13.2. The van der Waals surface area contributed by atoms with Crippen molar-refractivity contribution in [3.8, 4) is 0 Å². The molecule has 1 aliphatic rings. The topological polar surface area (TPSA) is 75.3 Å². The molecular formula is C13H13ClN8. The van der Waals surface area contributed by atoms with Crippen LogP contribution in [-0.2, 0) is 0 Å². The van der Waals surface area contributed by atoms with Gasteiger partial charge >= 0.3 is 0 Å². The molecular weight excluding hydrogens is 304 g/mol. The second-order valence-corrected chi connectivity index (χ2v) is 5.41. The van der Waals surface area contributed by atoms with Gasteiger partial charge in [0.1, 0.15) is 5.82 Å². The van der Waals surface area contributed by atoms with E-state index in [0.717, 1.165) is 37.8 Å². The summed E-state index contributed by atoms with van der Waals surface area (Å²) in [5.74, 6) is 1.71. The molecule has 0 unspecified atom stereocenters. The quantitative estimate of drug-likeness (QED) is 0.695. The predicted molar refractivity (Wildman–Crippen MR) is 82.3 cm³/mol. The van der Waals surface area contributed by atoms with Crippen molar-refractivity contribution in [2.75, 3.05) is 36.0 Å². The molecule has 4 heterocycles. The van der Waals surface area contributed by atoms with Crippen molar-refractivity contribution in [2.45, 2.75) is 0 Å². The second-order valence-electron chi connectivity index (χ2n) is 5.00. The van der Waals surface area contributed by atoms with Crippen molar-refractivity contribution in [3.05, 3.63) is 35.5 Å². The average Bonchev–Trinajstić information content (AvgIpc) is 3.03. The molecule has 0 atom stereocenters. The standard InChI is InChI=1S/C13H13ClN8/c14-10-2-1-5-15-13(10)21-8-6-20(7-9-21)12-4-3-11-16-18-19-22(11)17-12/h1-5H,6-9H2. The molecule has 112 valence electrons. The number of hydrogen-bond acceptors (Lipinski definition) is 7. The van der Waals surface area contributed by atoms with Crippen LogP contribution in [0.4, 0.5) is 11.6 Å². The highest BCUT2D eigenvalue weighted by molar-refractivity contribution is 6.32. The van der Waals surface area contributed by atoms with Crippen molar-refractivity contribution >= 4 is 28.9 Å². The molecule has 3 aromatic heterocycles. The van der Waals surface area contributed by atoms with E-state index in [4.69, 9.17) is 11.6 Å². The summed E-state index contributed by atoms with van der Waals surface area (Å²) in [6.45, 7) is 3.36. The zero-order chi connectivity index (χ0) is 14.9. The van der Waals surface area contributed by atoms with Crippen LogP contribution in [0.25, 0.3) is 5.65 Å². The van der Waals surface area contributed by atoms with E-state index < -0.39 is 0 Å². The van der Waals surface area contributed by atoms with Crippen molar-refractivity contribution in [1.82, 2.24) is 30.2 Å². The van der Waals surface area contributed by atoms with Gasteiger partial charge in [-0.05, 0) is 34.7 Å². The van der Waals surface area contributed by atoms with Crippen LogP contribution < -0.4 is 9.80 Å². The Bertz CT molecular complexity index is 795. The van der Waals surface area contributed by atoms with Gasteiger partial charge in [-0.2, -0.15) is 0 Å². The summed E-state index contributed by atoms with van der Waals surface area (Å²) in [6, 6.07) is 7.51. The Morgan fingerprint density at radius 3 is 2.64 bits per heavy atom. The lowest BCUT2D eigenvalue weighted by molar-refractivity contribution is 0.628. The number of halogens is 1. The van der Waals surface area contributed by atoms with Gasteiger partial charge in [0.05, 0.1) is 5.02 Å². The van der Waals surface area contributed by atoms with Gasteiger partial charge in [-0.15, -0.1) is 14.8 Å². The molecule has 0 aromatic carbocycles. The minimum absolute atomic E-state index is 0.641. The van der Waals surface area contributed by atoms with E-state index in [2.05, 4.69) is 35.4 Å². The lowest BCUT2D eigenvalue weighted by Crippen LogP contribution is -2.47. The number of pyridine rings is 1. The maximum Gasteiger partial charge on any atom is 0.200 e. The molecule has 22 heavy (non-hydrogen) atoms. The highest BCUT2D eigenvalue weighted by Gasteiger charge is 2.21. The zero-order valence-corrected chi connectivity index (χ0v) is 12.4. The highest BCUT2D eigenvalue weighted by atomic mass is 35.5. The van der Waals surface area contributed by atoms with Crippen LogP contribution in [-0.4, -0.2) is 56.4 Å². The van der Waals surface area contributed by atoms with E-state index >= 15 is 0 Å². The SMILES string of the molecule is Clc1cccnc1N1CCN(c2ccc3nnnn3n2)CC1. The first-order valence-electron chi connectivity index (χ1n) is 6.97. The zero-order valence-electron chi connectivity index (χ0n) is 11.7. The molecule has 0 N–H and O–H groups in total. The number of piperazine rings is 1. The summed E-state index contributed by atoms with van der Waals surface area (Å²) < 4.78 is 1.44. The van der Waals surface area contributed by atoms with Crippen LogP contribution in [0.15, 0.2) is 30.5 Å². The van der Waals surface area contributed by atoms with E-state index in [1.807, 2.05) is 24.3 Å². The largest absolute Gasteiger partial charge is 0.352 e. The monoisotopic (exact) mass is 316 g/mol. The maximum atomic E-state index is 6.21. The second kappa shape index (κ2) is 5.38. The van der Waals surface area contributed by atoms with Crippen LogP contribution in [0.2, 0.25) is 5.02 Å². The molecule has 0 saturated carbocycles. The number of hydrogen-bond donors (Lipinski definition) is 0. The summed E-state index contributed by atoms with van der Waals surface area (Å²) in [5, 5.41) is 16.4. The van der Waals surface area contributed by atoms with Crippen LogP contribution in [0.3, 0.4) is 0 Å². The molecule has 0 bridgehead atoms. The molecule has 8 nitrogen and oxygen atoms in total. The van der Waals surface area contributed by atoms with Gasteiger partial charge in [0.25, 0.3) is 0 Å². The summed E-state index contributed by atoms with van der Waals surface area (Å²) in [5.41, 5.74) is 0.641. The van der Waals surface area contributed by atoms with Gasteiger partial charge < -0.3 is 9.80 Å². The Labute approximate surface area is 131 Å². The molecule has 0 amide bonds. The predicted octanol–water partition coefficient (Wildman–Crippen LogP) is 0.894. The van der Waals surface area contributed by atoms with Gasteiger partial charge in [-0.25, -0.2) is 4.98 Å². The normalized spacial score (nSPS) is 15.5. The lowest BCUT2D eigenvalue weighted by Gasteiger charge is -2.36. The van der Waals surface area contributed by atoms with Crippen LogP contribution in [0, 0.1) is 0 Å². The smallest absolute Gasteiger partial charge is 0.200 e. The first-order valence-corrected chi connectivity index (χ1v) is 7.35. The fourth-order valence-corrected chi connectivity index (χ4v) is 2.81. The van der Waals surface area contributed by atoms with Crippen molar-refractivity contribution in [1.29, 1.82) is 0 Å². The van der Waals surface area contributed by atoms with Crippen LogP contribution in [0.5, 0.6) is 0 Å². The third kappa shape index (κ3) is 2.31. The van der Waals surface area contributed by atoms with Gasteiger partial charge in [0.2, 0.25) is 0 Å². The van der Waals surface area contributed by atoms with E-state index in [1.54, 1.807) is 6.20 Å². The third-order valence-corrected chi connectivity index (χ3v) is 3.99. The maximum absolute atomic E-state index is 6.21. The van der Waals surface area contributed by atoms with E-state index in [1.165, 1.54) is 4.63 Å². The molecule has 1 fully saturated rings. The molecule has 1 aliphatic heterocycles. The third-order valence-electron chi connectivity index (χ3n) is 3.70. The van der Waals surface area contributed by atoms with E-state index in [9.17, 15) is 0 Å². The Kier molecular flexibility index (Phi) is 3.23. The minimum Gasteiger partial charge on any atom is -0.352 e. The van der Waals surface area contributed by atoms with Gasteiger partial charge in [0, 0.05) is 32.4 Å². The Hall–Kier alpha value is -2.48. The molecule has 0 radical (unpaired) electrons. The number of aromatic nitrogens is 6. The number of anilines is 2. The molecule has 0 spiro atoms. The van der Waals surface area contributed by atoms with E-state index in [-0.39, 0.29) is 0 Å². The fourth-order valence-electron chi connectivity index (χ4n) is 2.57. The molecule has 0 aliphatic carbocycles. The van der Waals surface area contributed by atoms with Crippen molar-refractivity contribution in [2.24, 2.45) is 0 Å². The highest BCUT2D eigenvalue weighted by Crippen LogP contribution is 2.24. The molecule has 1 saturated heterocycles. The Morgan fingerprint density at radius 1 is 1.00 bits per heavy atom.